The third kappa shape index (κ3) is 4.16. The Hall–Kier alpha value is -4.16. The Balaban J connectivity index is 1.61. The van der Waals surface area contributed by atoms with Crippen LogP contribution in [0.1, 0.15) is 32.7 Å². The maximum atomic E-state index is 12.8. The highest BCUT2D eigenvalue weighted by atomic mass is 16.5. The molecule has 33 heavy (non-hydrogen) atoms. The van der Waals surface area contributed by atoms with Crippen molar-refractivity contribution in [3.05, 3.63) is 76.9 Å². The van der Waals surface area contributed by atoms with Crippen LogP contribution in [0.3, 0.4) is 0 Å². The molecule has 9 heteroatoms. The van der Waals surface area contributed by atoms with Crippen molar-refractivity contribution in [3.8, 4) is 17.6 Å². The summed E-state index contributed by atoms with van der Waals surface area (Å²) in [6.45, 7) is 2.61. The first-order chi connectivity index (χ1) is 16.0. The van der Waals surface area contributed by atoms with Crippen LogP contribution in [0.15, 0.2) is 48.9 Å². The minimum Gasteiger partial charge on any atom is -0.545 e. The molecule has 1 amide bonds. The van der Waals surface area contributed by atoms with Crippen LogP contribution in [0, 0.1) is 11.3 Å². The second kappa shape index (κ2) is 8.41. The molecule has 1 aromatic heterocycles. The highest BCUT2D eigenvalue weighted by Crippen LogP contribution is 2.29. The number of fused-ring (bicyclic) bond motifs is 2. The number of nitrogens with zero attached hydrogens (tertiary/aromatic N) is 5. The lowest BCUT2D eigenvalue weighted by molar-refractivity contribution is -0.255. The highest BCUT2D eigenvalue weighted by Gasteiger charge is 2.26. The van der Waals surface area contributed by atoms with Gasteiger partial charge in [0.2, 0.25) is 5.91 Å². The molecular weight excluding hydrogens is 422 g/mol. The fourth-order valence-electron chi connectivity index (χ4n) is 4.25. The molecule has 0 saturated carbocycles. The number of amides is 1. The molecule has 0 spiro atoms. The van der Waals surface area contributed by atoms with Gasteiger partial charge in [-0.1, -0.05) is 6.07 Å². The van der Waals surface area contributed by atoms with Gasteiger partial charge in [0.1, 0.15) is 17.6 Å². The summed E-state index contributed by atoms with van der Waals surface area (Å²) in [5, 5.41) is 21.2. The second-order valence-corrected chi connectivity index (χ2v) is 8.19. The van der Waals surface area contributed by atoms with Crippen molar-refractivity contribution in [2.24, 2.45) is 0 Å². The third-order valence-electron chi connectivity index (χ3n) is 5.99. The van der Waals surface area contributed by atoms with Crippen LogP contribution in [-0.2, 0) is 24.4 Å². The molecule has 4 heterocycles. The van der Waals surface area contributed by atoms with E-state index in [-0.39, 0.29) is 24.6 Å². The molecule has 3 aliphatic heterocycles. The lowest BCUT2D eigenvalue weighted by Gasteiger charge is -2.35. The van der Waals surface area contributed by atoms with Gasteiger partial charge < -0.3 is 24.1 Å². The van der Waals surface area contributed by atoms with Crippen LogP contribution >= 0.6 is 0 Å². The van der Waals surface area contributed by atoms with Crippen molar-refractivity contribution in [1.82, 2.24) is 19.4 Å². The summed E-state index contributed by atoms with van der Waals surface area (Å²) >= 11 is 0. The number of imidazole rings is 1. The molecule has 9 nitrogen and oxygen atoms in total. The van der Waals surface area contributed by atoms with Crippen LogP contribution in [-0.4, -0.2) is 50.9 Å². The fourth-order valence-corrected chi connectivity index (χ4v) is 4.25. The largest absolute Gasteiger partial charge is 0.545 e. The molecule has 1 atom stereocenters. The number of aromatic carboxylic acids is 1. The van der Waals surface area contributed by atoms with Gasteiger partial charge >= 0.3 is 0 Å². The Labute approximate surface area is 190 Å². The Kier molecular flexibility index (Phi) is 5.28. The zero-order chi connectivity index (χ0) is 22.9. The highest BCUT2D eigenvalue weighted by molar-refractivity contribution is 5.88. The number of carbonyl (C=O) groups is 2. The van der Waals surface area contributed by atoms with E-state index in [0.717, 1.165) is 11.3 Å². The summed E-state index contributed by atoms with van der Waals surface area (Å²) in [5.41, 5.74) is 2.69. The Morgan fingerprint density at radius 3 is 2.76 bits per heavy atom. The van der Waals surface area contributed by atoms with E-state index in [1.165, 1.54) is 12.1 Å². The molecule has 1 unspecified atom stereocenters. The molecule has 6 rings (SSSR count). The van der Waals surface area contributed by atoms with Crippen molar-refractivity contribution in [3.63, 3.8) is 0 Å². The fraction of sp³-hybridized carbons (Fsp3) is 0.250. The predicted molar refractivity (Wildman–Crippen MR) is 114 cm³/mol. The Morgan fingerprint density at radius 1 is 1.09 bits per heavy atom. The van der Waals surface area contributed by atoms with E-state index < -0.39 is 5.97 Å². The van der Waals surface area contributed by atoms with Crippen molar-refractivity contribution in [1.29, 1.82) is 5.26 Å². The zero-order valence-electron chi connectivity index (χ0n) is 17.7. The maximum absolute atomic E-state index is 12.8. The van der Waals surface area contributed by atoms with E-state index in [1.54, 1.807) is 35.6 Å². The van der Waals surface area contributed by atoms with E-state index in [4.69, 9.17) is 4.74 Å². The first-order valence-corrected chi connectivity index (χ1v) is 10.5. The topological polar surface area (TPSA) is 115 Å². The standard InChI is InChI=1S/C24H21N5O4/c25-9-17-2-1-16-7-22(17)33-20-3-4-21(24(31)32)18(8-20)12-28-6-5-27(14-23(28)30)13-19-10-26-15-29(19)11-16/h1-4,7-8,10,15H,5-6,11-14H2,(H,31,32)/p-1. The van der Waals surface area contributed by atoms with Crippen molar-refractivity contribution in [2.45, 2.75) is 19.6 Å². The van der Waals surface area contributed by atoms with Gasteiger partial charge in [-0.2, -0.15) is 5.26 Å². The van der Waals surface area contributed by atoms with Gasteiger partial charge in [-0.15, -0.1) is 0 Å². The van der Waals surface area contributed by atoms with E-state index in [2.05, 4.69) is 16.0 Å². The van der Waals surface area contributed by atoms with Crippen molar-refractivity contribution >= 4 is 11.9 Å². The van der Waals surface area contributed by atoms with Gasteiger partial charge in [0, 0.05) is 44.5 Å². The molecule has 6 bridgehead atoms. The summed E-state index contributed by atoms with van der Waals surface area (Å²) in [6, 6.07) is 12.0. The monoisotopic (exact) mass is 442 g/mol. The molecule has 1 fully saturated rings. The van der Waals surface area contributed by atoms with E-state index in [0.29, 0.717) is 48.8 Å². The first kappa shape index (κ1) is 20.7. The molecule has 0 N–H and O–H groups in total. The Morgan fingerprint density at radius 2 is 1.97 bits per heavy atom. The number of ether oxygens (including phenoxy) is 1. The van der Waals surface area contributed by atoms with E-state index in [9.17, 15) is 20.0 Å². The van der Waals surface area contributed by atoms with Gasteiger partial charge in [-0.25, -0.2) is 4.98 Å². The molecule has 3 aliphatic rings. The van der Waals surface area contributed by atoms with E-state index >= 15 is 0 Å². The molecule has 0 radical (unpaired) electrons. The van der Waals surface area contributed by atoms with Crippen molar-refractivity contribution in [2.75, 3.05) is 19.6 Å². The summed E-state index contributed by atoms with van der Waals surface area (Å²) in [4.78, 5) is 32.5. The molecular formula is C24H20N5O4-. The van der Waals surface area contributed by atoms with Crippen LogP contribution in [0.25, 0.3) is 0 Å². The van der Waals surface area contributed by atoms with Crippen LogP contribution in [0.2, 0.25) is 0 Å². The molecule has 3 aromatic rings. The predicted octanol–water partition coefficient (Wildman–Crippen LogP) is 1.12. The van der Waals surface area contributed by atoms with Gasteiger partial charge in [0.25, 0.3) is 0 Å². The number of carbonyl (C=O) groups excluding carboxylic acids is 2. The van der Waals surface area contributed by atoms with Gasteiger partial charge in [-0.05, 0) is 41.5 Å². The molecule has 2 aromatic carbocycles. The van der Waals surface area contributed by atoms with E-state index in [1.807, 2.05) is 10.6 Å². The zero-order valence-corrected chi connectivity index (χ0v) is 17.7. The quantitative estimate of drug-likeness (QED) is 0.555. The number of hydrogen-bond donors (Lipinski definition) is 0. The lowest BCUT2D eigenvalue weighted by Crippen LogP contribution is -2.49. The normalized spacial score (nSPS) is 17.7. The second-order valence-electron chi connectivity index (χ2n) is 8.19. The smallest absolute Gasteiger partial charge is 0.237 e. The van der Waals surface area contributed by atoms with Gasteiger partial charge in [-0.3, -0.25) is 9.69 Å². The average Bonchev–Trinajstić information content (AvgIpc) is 3.21. The number of nitriles is 1. The minimum atomic E-state index is -1.31. The Bertz CT molecular complexity index is 1290. The number of carboxylic acid groups (broad SMARTS) is 1. The lowest BCUT2D eigenvalue weighted by atomic mass is 10.1. The number of carboxylic acids is 1. The van der Waals surface area contributed by atoms with Crippen LogP contribution in [0.4, 0.5) is 0 Å². The summed E-state index contributed by atoms with van der Waals surface area (Å²) in [5.74, 6) is -0.639. The van der Waals surface area contributed by atoms with Crippen molar-refractivity contribution < 1.29 is 19.4 Å². The number of piperazine rings is 1. The number of aromatic nitrogens is 2. The number of benzene rings is 2. The molecule has 166 valence electrons. The summed E-state index contributed by atoms with van der Waals surface area (Å²) < 4.78 is 8.03. The minimum absolute atomic E-state index is 0.0110. The van der Waals surface area contributed by atoms with Crippen LogP contribution in [0.5, 0.6) is 11.5 Å². The number of hydrogen-bond acceptors (Lipinski definition) is 7. The first-order valence-electron chi connectivity index (χ1n) is 10.5. The van der Waals surface area contributed by atoms with Gasteiger partial charge in [0.15, 0.2) is 0 Å². The van der Waals surface area contributed by atoms with Crippen LogP contribution < -0.4 is 9.84 Å². The summed E-state index contributed by atoms with van der Waals surface area (Å²) in [7, 11) is 0. The SMILES string of the molecule is N#Cc1ccc2cc1Oc1ccc(C(=O)[O-])c(c1)CN1CCN(CC1=O)Cc1cncn1C2. The molecule has 0 aliphatic carbocycles. The number of rotatable bonds is 1. The third-order valence-corrected chi connectivity index (χ3v) is 5.99. The van der Waals surface area contributed by atoms with Gasteiger partial charge in [0.05, 0.1) is 30.1 Å². The maximum Gasteiger partial charge on any atom is 0.237 e. The molecule has 1 saturated heterocycles. The average molecular weight is 442 g/mol. The summed E-state index contributed by atoms with van der Waals surface area (Å²) in [6.07, 6.45) is 3.54.